The van der Waals surface area contributed by atoms with Gasteiger partial charge in [0, 0.05) is 16.0 Å². The minimum absolute atomic E-state index is 0.244. The Morgan fingerprint density at radius 2 is 1.87 bits per heavy atom. The van der Waals surface area contributed by atoms with Gasteiger partial charge in [-0.2, -0.15) is 5.10 Å². The molecule has 23 heavy (non-hydrogen) atoms. The van der Waals surface area contributed by atoms with E-state index in [1.807, 2.05) is 68.4 Å². The van der Waals surface area contributed by atoms with Crippen molar-refractivity contribution in [3.8, 4) is 5.75 Å². The zero-order valence-electron chi connectivity index (χ0n) is 13.0. The molecular weight excluding hydrogens is 308 g/mol. The second-order valence-corrected chi connectivity index (χ2v) is 5.86. The average Bonchev–Trinajstić information content (AvgIpc) is 2.56. The zero-order chi connectivity index (χ0) is 16.4. The number of nitrogens with one attached hydrogen (secondary N) is 1. The van der Waals surface area contributed by atoms with Gasteiger partial charge in [0.2, 0.25) is 0 Å². The molecule has 0 aliphatic heterocycles. The highest BCUT2D eigenvalue weighted by molar-refractivity contribution is 6.31. The van der Waals surface area contributed by atoms with Crippen LogP contribution in [0.25, 0.3) is 10.8 Å². The molecule has 0 amide bonds. The van der Waals surface area contributed by atoms with Crippen LogP contribution in [0.4, 0.5) is 5.69 Å². The summed E-state index contributed by atoms with van der Waals surface area (Å²) in [6.07, 6.45) is 0. The van der Waals surface area contributed by atoms with Crippen LogP contribution in [0, 0.1) is 6.92 Å². The molecule has 3 aromatic rings. The summed E-state index contributed by atoms with van der Waals surface area (Å²) in [5.41, 5.74) is 6.21. The summed E-state index contributed by atoms with van der Waals surface area (Å²) < 4.78 is 0. The first-order valence-corrected chi connectivity index (χ1v) is 7.71. The summed E-state index contributed by atoms with van der Waals surface area (Å²) in [4.78, 5) is 0. The number of hydrogen-bond donors (Lipinski definition) is 2. The highest BCUT2D eigenvalue weighted by Gasteiger charge is 2.08. The second-order valence-electron chi connectivity index (χ2n) is 5.46. The molecule has 0 unspecified atom stereocenters. The van der Waals surface area contributed by atoms with E-state index in [1.165, 1.54) is 0 Å². The van der Waals surface area contributed by atoms with Crippen LogP contribution in [0.5, 0.6) is 5.75 Å². The first kappa shape index (κ1) is 15.4. The zero-order valence-corrected chi connectivity index (χ0v) is 13.7. The maximum absolute atomic E-state index is 10.5. The monoisotopic (exact) mass is 324 g/mol. The molecule has 0 fully saturated rings. The molecule has 0 saturated carbocycles. The molecule has 0 spiro atoms. The molecule has 0 aliphatic rings. The van der Waals surface area contributed by atoms with Crippen LogP contribution in [0.15, 0.2) is 59.7 Å². The van der Waals surface area contributed by atoms with Crippen molar-refractivity contribution in [3.63, 3.8) is 0 Å². The van der Waals surface area contributed by atoms with Gasteiger partial charge in [-0.1, -0.05) is 48.0 Å². The molecule has 4 heteroatoms. The van der Waals surface area contributed by atoms with Gasteiger partial charge in [-0.05, 0) is 43.0 Å². The normalized spacial score (nSPS) is 11.7. The lowest BCUT2D eigenvalue weighted by Crippen LogP contribution is -2.00. The lowest BCUT2D eigenvalue weighted by atomic mass is 10.0. The maximum atomic E-state index is 10.5. The van der Waals surface area contributed by atoms with Crippen molar-refractivity contribution in [2.45, 2.75) is 13.8 Å². The van der Waals surface area contributed by atoms with Crippen molar-refractivity contribution in [3.05, 3.63) is 70.7 Å². The fourth-order valence-electron chi connectivity index (χ4n) is 2.42. The molecule has 116 valence electrons. The molecule has 3 rings (SSSR count). The number of nitrogens with zero attached hydrogens (tertiary/aromatic N) is 1. The van der Waals surface area contributed by atoms with Gasteiger partial charge in [-0.25, -0.2) is 0 Å². The third-order valence-corrected chi connectivity index (χ3v) is 4.22. The first-order valence-electron chi connectivity index (χ1n) is 7.34. The van der Waals surface area contributed by atoms with Gasteiger partial charge in [0.15, 0.2) is 0 Å². The van der Waals surface area contributed by atoms with Crippen molar-refractivity contribution in [2.75, 3.05) is 5.43 Å². The fraction of sp³-hybridized carbons (Fsp3) is 0.105. The van der Waals surface area contributed by atoms with E-state index in [9.17, 15) is 5.11 Å². The van der Waals surface area contributed by atoms with Crippen LogP contribution in [0.3, 0.4) is 0 Å². The van der Waals surface area contributed by atoms with Gasteiger partial charge in [0.05, 0.1) is 11.4 Å². The topological polar surface area (TPSA) is 44.6 Å². The summed E-state index contributed by atoms with van der Waals surface area (Å²) in [6, 6.07) is 17.3. The van der Waals surface area contributed by atoms with Gasteiger partial charge < -0.3 is 5.11 Å². The van der Waals surface area contributed by atoms with Gasteiger partial charge in [0.25, 0.3) is 0 Å². The number of rotatable bonds is 3. The Morgan fingerprint density at radius 1 is 1.09 bits per heavy atom. The number of phenols is 1. The van der Waals surface area contributed by atoms with Gasteiger partial charge in [-0.15, -0.1) is 0 Å². The minimum atomic E-state index is 0.244. The predicted octanol–water partition coefficient (Wildman–Crippen LogP) is 5.34. The molecule has 0 aromatic heterocycles. The van der Waals surface area contributed by atoms with Crippen molar-refractivity contribution >= 4 is 33.8 Å². The number of hydrogen-bond acceptors (Lipinski definition) is 3. The molecule has 0 saturated heterocycles. The van der Waals surface area contributed by atoms with E-state index < -0.39 is 0 Å². The van der Waals surface area contributed by atoms with E-state index in [-0.39, 0.29) is 5.75 Å². The lowest BCUT2D eigenvalue weighted by Gasteiger charge is -2.09. The number of hydrazone groups is 1. The summed E-state index contributed by atoms with van der Waals surface area (Å²) in [7, 11) is 0. The van der Waals surface area contributed by atoms with E-state index >= 15 is 0 Å². The number of aromatic hydroxyl groups is 1. The summed E-state index contributed by atoms with van der Waals surface area (Å²) >= 11 is 6.11. The number of anilines is 1. The molecule has 0 atom stereocenters. The van der Waals surface area contributed by atoms with Crippen LogP contribution in [0.2, 0.25) is 5.02 Å². The van der Waals surface area contributed by atoms with Crippen molar-refractivity contribution in [2.24, 2.45) is 5.10 Å². The van der Waals surface area contributed by atoms with Crippen LogP contribution >= 0.6 is 11.6 Å². The third kappa shape index (κ3) is 3.15. The average molecular weight is 325 g/mol. The van der Waals surface area contributed by atoms with E-state index in [1.54, 1.807) is 0 Å². The standard InChI is InChI=1S/C19H17ClN2O/c1-12-7-9-15(11-18(12)20)22-21-13(2)16-10-8-14-5-3-4-6-17(14)19(16)23/h3-11,22-23H,1-2H3. The second kappa shape index (κ2) is 6.31. The Kier molecular flexibility index (Phi) is 4.22. The summed E-state index contributed by atoms with van der Waals surface area (Å²) in [5.74, 6) is 0.244. The maximum Gasteiger partial charge on any atom is 0.132 e. The summed E-state index contributed by atoms with van der Waals surface area (Å²) in [6.45, 7) is 3.81. The Morgan fingerprint density at radius 3 is 2.65 bits per heavy atom. The molecule has 0 radical (unpaired) electrons. The predicted molar refractivity (Wildman–Crippen MR) is 97.6 cm³/mol. The van der Waals surface area contributed by atoms with E-state index in [0.717, 1.165) is 22.0 Å². The van der Waals surface area contributed by atoms with Crippen LogP contribution < -0.4 is 5.43 Å². The van der Waals surface area contributed by atoms with Crippen LogP contribution in [-0.4, -0.2) is 10.8 Å². The SMILES string of the molecule is CC(=NNc1ccc(C)c(Cl)c1)c1ccc2ccccc2c1O. The molecule has 0 bridgehead atoms. The van der Waals surface area contributed by atoms with E-state index in [4.69, 9.17) is 11.6 Å². The van der Waals surface area contributed by atoms with Gasteiger partial charge in [-0.3, -0.25) is 5.43 Å². The third-order valence-electron chi connectivity index (χ3n) is 3.81. The molecule has 3 nitrogen and oxygen atoms in total. The van der Waals surface area contributed by atoms with Gasteiger partial charge >= 0.3 is 0 Å². The molecule has 2 N–H and O–H groups in total. The van der Waals surface area contributed by atoms with Crippen molar-refractivity contribution < 1.29 is 5.11 Å². The minimum Gasteiger partial charge on any atom is -0.507 e. The number of fused-ring (bicyclic) bond motifs is 1. The Labute approximate surface area is 140 Å². The fourth-order valence-corrected chi connectivity index (χ4v) is 2.60. The number of benzene rings is 3. The van der Waals surface area contributed by atoms with Crippen molar-refractivity contribution in [1.29, 1.82) is 0 Å². The Balaban J connectivity index is 1.91. The molecule has 3 aromatic carbocycles. The van der Waals surface area contributed by atoms with E-state index in [0.29, 0.717) is 16.3 Å². The first-order chi connectivity index (χ1) is 11.1. The smallest absolute Gasteiger partial charge is 0.132 e. The summed E-state index contributed by atoms with van der Waals surface area (Å²) in [5, 5.41) is 17.3. The number of halogens is 1. The molecular formula is C19H17ClN2O. The molecule has 0 aliphatic carbocycles. The number of phenolic OH excluding ortho intramolecular Hbond substituents is 1. The largest absolute Gasteiger partial charge is 0.507 e. The highest BCUT2D eigenvalue weighted by Crippen LogP contribution is 2.29. The Bertz CT molecular complexity index is 903. The van der Waals surface area contributed by atoms with Crippen LogP contribution in [0.1, 0.15) is 18.1 Å². The quantitative estimate of drug-likeness (QED) is 0.504. The molecule has 0 heterocycles. The Hall–Kier alpha value is -2.52. The highest BCUT2D eigenvalue weighted by atomic mass is 35.5. The lowest BCUT2D eigenvalue weighted by molar-refractivity contribution is 0.480. The number of aryl methyl sites for hydroxylation is 1. The van der Waals surface area contributed by atoms with Crippen molar-refractivity contribution in [1.82, 2.24) is 0 Å². The van der Waals surface area contributed by atoms with Crippen LogP contribution in [-0.2, 0) is 0 Å². The van der Waals surface area contributed by atoms with E-state index in [2.05, 4.69) is 10.5 Å². The van der Waals surface area contributed by atoms with Gasteiger partial charge in [0.1, 0.15) is 5.75 Å².